The quantitative estimate of drug-likeness (QED) is 0.832. The van der Waals surface area contributed by atoms with E-state index in [1.54, 1.807) is 25.3 Å². The molecule has 2 aromatic carbocycles. The fraction of sp³-hybridized carbons (Fsp3) is 0.167. The molecule has 0 radical (unpaired) electrons. The normalized spacial score (nSPS) is 10.6. The van der Waals surface area contributed by atoms with E-state index in [0.717, 1.165) is 11.3 Å². The van der Waals surface area contributed by atoms with Crippen LogP contribution < -0.4 is 10.1 Å². The maximum absolute atomic E-state index is 13.4. The number of hydrogen-bond acceptors (Lipinski definition) is 2. The van der Waals surface area contributed by atoms with Gasteiger partial charge in [0.15, 0.2) is 0 Å². The summed E-state index contributed by atoms with van der Waals surface area (Å²) in [6.45, 7) is 0.487. The van der Waals surface area contributed by atoms with E-state index in [2.05, 4.69) is 5.32 Å². The Balaban J connectivity index is 1.84. The van der Waals surface area contributed by atoms with Gasteiger partial charge in [-0.15, -0.1) is 0 Å². The van der Waals surface area contributed by atoms with E-state index >= 15 is 0 Å². The SMILES string of the molecule is COc1ccccc1CCNC(=O)/C=C\c1ccccc1F. The van der Waals surface area contributed by atoms with E-state index in [-0.39, 0.29) is 11.7 Å². The van der Waals surface area contributed by atoms with Gasteiger partial charge in [0.05, 0.1) is 7.11 Å². The third-order valence-electron chi connectivity index (χ3n) is 3.21. The van der Waals surface area contributed by atoms with Crippen LogP contribution in [0.2, 0.25) is 0 Å². The highest BCUT2D eigenvalue weighted by molar-refractivity contribution is 5.91. The molecular formula is C18H18FNO2. The Bertz CT molecular complexity index is 668. The van der Waals surface area contributed by atoms with Crippen LogP contribution in [0.1, 0.15) is 11.1 Å². The Morgan fingerprint density at radius 1 is 1.18 bits per heavy atom. The van der Waals surface area contributed by atoms with Gasteiger partial charge in [-0.25, -0.2) is 4.39 Å². The third kappa shape index (κ3) is 4.45. The van der Waals surface area contributed by atoms with Crippen molar-refractivity contribution in [1.29, 1.82) is 0 Å². The molecule has 0 spiro atoms. The van der Waals surface area contributed by atoms with Crippen molar-refractivity contribution in [2.75, 3.05) is 13.7 Å². The minimum atomic E-state index is -0.347. The number of rotatable bonds is 6. The predicted octanol–water partition coefficient (Wildman–Crippen LogP) is 3.21. The molecule has 0 fully saturated rings. The van der Waals surface area contributed by atoms with Crippen molar-refractivity contribution >= 4 is 12.0 Å². The van der Waals surface area contributed by atoms with Gasteiger partial charge in [0.25, 0.3) is 0 Å². The van der Waals surface area contributed by atoms with Gasteiger partial charge in [0, 0.05) is 18.2 Å². The van der Waals surface area contributed by atoms with Crippen molar-refractivity contribution in [2.45, 2.75) is 6.42 Å². The maximum atomic E-state index is 13.4. The summed E-state index contributed by atoms with van der Waals surface area (Å²) in [4.78, 5) is 11.7. The fourth-order valence-corrected chi connectivity index (χ4v) is 2.06. The molecule has 2 aromatic rings. The van der Waals surface area contributed by atoms with Gasteiger partial charge >= 0.3 is 0 Å². The highest BCUT2D eigenvalue weighted by Crippen LogP contribution is 2.17. The van der Waals surface area contributed by atoms with Crippen molar-refractivity contribution in [2.24, 2.45) is 0 Å². The van der Waals surface area contributed by atoms with E-state index in [1.165, 1.54) is 18.2 Å². The van der Waals surface area contributed by atoms with Crippen LogP contribution in [-0.4, -0.2) is 19.6 Å². The van der Waals surface area contributed by atoms with E-state index in [4.69, 9.17) is 4.74 Å². The van der Waals surface area contributed by atoms with Crippen LogP contribution in [0.3, 0.4) is 0 Å². The van der Waals surface area contributed by atoms with Crippen molar-refractivity contribution in [3.63, 3.8) is 0 Å². The first-order valence-corrected chi connectivity index (χ1v) is 7.03. The number of carbonyl (C=O) groups excluding carboxylic acids is 1. The van der Waals surface area contributed by atoms with Crippen LogP contribution in [0, 0.1) is 5.82 Å². The summed E-state index contributed by atoms with van der Waals surface area (Å²) < 4.78 is 18.7. The molecule has 0 heterocycles. The molecule has 0 aliphatic carbocycles. The highest BCUT2D eigenvalue weighted by atomic mass is 19.1. The van der Waals surface area contributed by atoms with Gasteiger partial charge in [-0.2, -0.15) is 0 Å². The lowest BCUT2D eigenvalue weighted by Crippen LogP contribution is -2.23. The molecule has 0 saturated carbocycles. The van der Waals surface area contributed by atoms with Gasteiger partial charge in [0.2, 0.25) is 5.91 Å². The lowest BCUT2D eigenvalue weighted by atomic mass is 10.1. The summed E-state index contributed by atoms with van der Waals surface area (Å²) in [5.74, 6) is 0.206. The van der Waals surface area contributed by atoms with Crippen molar-refractivity contribution in [3.8, 4) is 5.75 Å². The average molecular weight is 299 g/mol. The second kappa shape index (κ2) is 7.98. The van der Waals surface area contributed by atoms with Crippen LogP contribution in [0.25, 0.3) is 6.08 Å². The van der Waals surface area contributed by atoms with Crippen LogP contribution in [0.4, 0.5) is 4.39 Å². The molecule has 1 N–H and O–H groups in total. The minimum absolute atomic E-state index is 0.252. The molecule has 1 amide bonds. The number of benzene rings is 2. The first kappa shape index (κ1) is 15.8. The lowest BCUT2D eigenvalue weighted by molar-refractivity contribution is -0.116. The van der Waals surface area contributed by atoms with E-state index in [1.807, 2.05) is 24.3 Å². The van der Waals surface area contributed by atoms with Gasteiger partial charge in [0.1, 0.15) is 11.6 Å². The van der Waals surface area contributed by atoms with Gasteiger partial charge in [-0.05, 0) is 30.2 Å². The number of nitrogens with one attached hydrogen (secondary N) is 1. The molecule has 0 atom stereocenters. The zero-order valence-electron chi connectivity index (χ0n) is 12.4. The fourth-order valence-electron chi connectivity index (χ4n) is 2.06. The molecule has 4 heteroatoms. The van der Waals surface area contributed by atoms with E-state index < -0.39 is 0 Å². The predicted molar refractivity (Wildman–Crippen MR) is 85.1 cm³/mol. The second-order valence-electron chi connectivity index (χ2n) is 4.71. The number of para-hydroxylation sites is 1. The summed E-state index contributed by atoms with van der Waals surface area (Å²) in [5.41, 5.74) is 1.42. The van der Waals surface area contributed by atoms with Crippen LogP contribution in [-0.2, 0) is 11.2 Å². The number of hydrogen-bond donors (Lipinski definition) is 1. The van der Waals surface area contributed by atoms with Crippen LogP contribution in [0.15, 0.2) is 54.6 Å². The molecule has 0 aliphatic heterocycles. The summed E-state index contributed by atoms with van der Waals surface area (Å²) in [6.07, 6.45) is 3.47. The molecule has 0 bridgehead atoms. The molecular weight excluding hydrogens is 281 g/mol. The first-order valence-electron chi connectivity index (χ1n) is 7.03. The Morgan fingerprint density at radius 3 is 2.68 bits per heavy atom. The summed E-state index contributed by atoms with van der Waals surface area (Å²) in [7, 11) is 1.62. The molecule has 114 valence electrons. The van der Waals surface area contributed by atoms with Crippen LogP contribution >= 0.6 is 0 Å². The summed E-state index contributed by atoms with van der Waals surface area (Å²) in [6, 6.07) is 14.0. The van der Waals surface area contributed by atoms with Gasteiger partial charge in [-0.1, -0.05) is 36.4 Å². The Hall–Kier alpha value is -2.62. The summed E-state index contributed by atoms with van der Waals surface area (Å²) in [5, 5.41) is 2.77. The topological polar surface area (TPSA) is 38.3 Å². The van der Waals surface area contributed by atoms with Crippen molar-refractivity contribution in [3.05, 3.63) is 71.6 Å². The van der Waals surface area contributed by atoms with Gasteiger partial charge < -0.3 is 10.1 Å². The third-order valence-corrected chi connectivity index (χ3v) is 3.21. The number of methoxy groups -OCH3 is 1. The smallest absolute Gasteiger partial charge is 0.244 e. The average Bonchev–Trinajstić information content (AvgIpc) is 2.54. The number of halogens is 1. The zero-order valence-corrected chi connectivity index (χ0v) is 12.4. The largest absolute Gasteiger partial charge is 0.496 e. The number of amides is 1. The highest BCUT2D eigenvalue weighted by Gasteiger charge is 2.02. The maximum Gasteiger partial charge on any atom is 0.244 e. The molecule has 0 aliphatic rings. The molecule has 2 rings (SSSR count). The Morgan fingerprint density at radius 2 is 1.91 bits per heavy atom. The van der Waals surface area contributed by atoms with E-state index in [9.17, 15) is 9.18 Å². The Kier molecular flexibility index (Phi) is 5.72. The Labute approximate surface area is 129 Å². The number of ether oxygens (including phenoxy) is 1. The second-order valence-corrected chi connectivity index (χ2v) is 4.71. The standard InChI is InChI=1S/C18H18FNO2/c1-22-17-9-5-3-7-15(17)12-13-20-18(21)11-10-14-6-2-4-8-16(14)19/h2-11H,12-13H2,1H3,(H,20,21)/b11-10-. The molecule has 3 nitrogen and oxygen atoms in total. The zero-order chi connectivity index (χ0) is 15.8. The van der Waals surface area contributed by atoms with Crippen LogP contribution in [0.5, 0.6) is 5.75 Å². The molecule has 22 heavy (non-hydrogen) atoms. The minimum Gasteiger partial charge on any atom is -0.496 e. The lowest BCUT2D eigenvalue weighted by Gasteiger charge is -2.08. The molecule has 0 unspecified atom stereocenters. The number of carbonyl (C=O) groups is 1. The molecule has 0 saturated heterocycles. The summed E-state index contributed by atoms with van der Waals surface area (Å²) >= 11 is 0. The molecule has 0 aromatic heterocycles. The van der Waals surface area contributed by atoms with E-state index in [0.29, 0.717) is 18.5 Å². The van der Waals surface area contributed by atoms with Crippen molar-refractivity contribution < 1.29 is 13.9 Å². The van der Waals surface area contributed by atoms with Crippen molar-refractivity contribution in [1.82, 2.24) is 5.32 Å². The first-order chi connectivity index (χ1) is 10.7. The monoisotopic (exact) mass is 299 g/mol. The van der Waals surface area contributed by atoms with Gasteiger partial charge in [-0.3, -0.25) is 4.79 Å².